The molecule has 2 aromatic carbocycles. The molecule has 0 bridgehead atoms. The first kappa shape index (κ1) is 32.6. The summed E-state index contributed by atoms with van der Waals surface area (Å²) in [6.45, 7) is 11.1. The number of hydrogen-bond acceptors (Lipinski definition) is 5. The van der Waals surface area contributed by atoms with E-state index >= 15 is 0 Å². The lowest BCUT2D eigenvalue weighted by Gasteiger charge is -2.28. The van der Waals surface area contributed by atoms with Crippen LogP contribution in [0.4, 0.5) is 5.69 Å². The molecule has 1 saturated heterocycles. The van der Waals surface area contributed by atoms with Crippen molar-refractivity contribution in [1.29, 1.82) is 0 Å². The van der Waals surface area contributed by atoms with Crippen LogP contribution >= 0.6 is 23.2 Å². The van der Waals surface area contributed by atoms with Crippen molar-refractivity contribution >= 4 is 51.7 Å². The number of imidazole rings is 1. The Morgan fingerprint density at radius 1 is 1.14 bits per heavy atom. The van der Waals surface area contributed by atoms with Gasteiger partial charge in [0.25, 0.3) is 5.91 Å². The molecule has 3 N–H and O–H groups in total. The summed E-state index contributed by atoms with van der Waals surface area (Å²) in [5, 5.41) is 18.0. The number of nitrogens with one attached hydrogen (secondary N) is 2. The van der Waals surface area contributed by atoms with E-state index in [0.29, 0.717) is 59.5 Å². The number of carbonyl (C=O) groups excluding carboxylic acids is 2. The molecule has 1 aliphatic carbocycles. The number of β-amino-alcohol motifs (C(OH)–C–C–N with tert-alkyl or cyclic N) is 1. The Kier molecular flexibility index (Phi) is 9.28. The molecule has 1 saturated carbocycles. The summed E-state index contributed by atoms with van der Waals surface area (Å²) in [6, 6.07) is 7.70. The first-order valence-corrected chi connectivity index (χ1v) is 16.4. The van der Waals surface area contributed by atoms with Gasteiger partial charge in [-0.1, -0.05) is 57.0 Å². The van der Waals surface area contributed by atoms with Crippen molar-refractivity contribution in [3.8, 4) is 0 Å². The predicted octanol–water partition coefficient (Wildman–Crippen LogP) is 6.40. The second-order valence-electron chi connectivity index (χ2n) is 14.2. The van der Waals surface area contributed by atoms with Crippen molar-refractivity contribution in [2.75, 3.05) is 18.0 Å². The van der Waals surface area contributed by atoms with E-state index in [1.165, 1.54) is 0 Å². The second-order valence-corrected chi connectivity index (χ2v) is 14.9. The molecule has 1 aromatic heterocycles. The Balaban J connectivity index is 1.47. The summed E-state index contributed by atoms with van der Waals surface area (Å²) < 4.78 is 2.01. The summed E-state index contributed by atoms with van der Waals surface area (Å²) in [6.07, 6.45) is 5.20. The highest BCUT2D eigenvalue weighted by Gasteiger charge is 2.34. The number of hydrogen-bond donors (Lipinski definition) is 3. The molecule has 3 aromatic rings. The van der Waals surface area contributed by atoms with Crippen molar-refractivity contribution < 1.29 is 14.7 Å². The number of aliphatic hydroxyl groups is 1. The molecule has 1 atom stereocenters. The summed E-state index contributed by atoms with van der Waals surface area (Å²) in [5.41, 5.74) is 3.15. The summed E-state index contributed by atoms with van der Waals surface area (Å²) in [5.74, 6) is 1.28. The number of fused-ring (bicyclic) bond motifs is 1. The molecule has 2 aliphatic rings. The van der Waals surface area contributed by atoms with Crippen LogP contribution in [0, 0.1) is 11.3 Å². The van der Waals surface area contributed by atoms with Crippen LogP contribution in [0.3, 0.4) is 0 Å². The van der Waals surface area contributed by atoms with Crippen molar-refractivity contribution in [3.05, 3.63) is 56.8 Å². The Hall–Kier alpha value is -2.81. The van der Waals surface area contributed by atoms with Gasteiger partial charge in [0.15, 0.2) is 0 Å². The molecule has 0 radical (unpaired) electrons. The maximum atomic E-state index is 13.8. The average molecular weight is 643 g/mol. The molecular formula is C34H45Cl2N5O3. The van der Waals surface area contributed by atoms with Crippen LogP contribution in [0.2, 0.25) is 10.0 Å². The molecule has 44 heavy (non-hydrogen) atoms. The Morgan fingerprint density at radius 3 is 2.48 bits per heavy atom. The van der Waals surface area contributed by atoms with E-state index in [1.54, 1.807) is 6.07 Å². The highest BCUT2D eigenvalue weighted by Crippen LogP contribution is 2.35. The fourth-order valence-corrected chi connectivity index (χ4v) is 6.81. The van der Waals surface area contributed by atoms with Crippen molar-refractivity contribution in [2.45, 2.75) is 91.3 Å². The maximum Gasteiger partial charge on any atom is 0.253 e. The molecule has 2 amide bonds. The standard InChI is InChI=1S/C34H45Cl2N5O3/c1-20-7-10-22(11-8-20)38-31(42)24-15-26-28(17-27(24)41-14-13-34(5,44)19-41)40(6)29(39-26)16-23-25(35)12-9-21(30(23)36)18-37-32(43)33(2,3)4/h9,12,15,17,20,22,44H,7-8,10-11,13-14,16,18-19H2,1-6H3,(H,37,43)(H,38,42). The molecule has 1 unspecified atom stereocenters. The minimum absolute atomic E-state index is 0.0615. The first-order valence-electron chi connectivity index (χ1n) is 15.6. The van der Waals surface area contributed by atoms with Crippen molar-refractivity contribution in [3.63, 3.8) is 0 Å². The maximum absolute atomic E-state index is 13.8. The third-order valence-electron chi connectivity index (χ3n) is 9.20. The van der Waals surface area contributed by atoms with Crippen LogP contribution in [0.5, 0.6) is 0 Å². The van der Waals surface area contributed by atoms with E-state index in [9.17, 15) is 14.7 Å². The van der Waals surface area contributed by atoms with E-state index in [-0.39, 0.29) is 17.9 Å². The lowest BCUT2D eigenvalue weighted by Crippen LogP contribution is -2.38. The van der Waals surface area contributed by atoms with Crippen molar-refractivity contribution in [2.24, 2.45) is 18.4 Å². The third-order valence-corrected chi connectivity index (χ3v) is 10.0. The van der Waals surface area contributed by atoms with Crippen LogP contribution < -0.4 is 15.5 Å². The number of carbonyl (C=O) groups is 2. The molecule has 0 spiro atoms. The van der Waals surface area contributed by atoms with E-state index in [0.717, 1.165) is 53.8 Å². The number of benzene rings is 2. The monoisotopic (exact) mass is 641 g/mol. The molecule has 1 aliphatic heterocycles. The summed E-state index contributed by atoms with van der Waals surface area (Å²) in [4.78, 5) is 33.3. The molecule has 5 rings (SSSR count). The number of halogens is 2. The number of aromatic nitrogens is 2. The van der Waals surface area contributed by atoms with Crippen LogP contribution in [-0.2, 0) is 24.8 Å². The molecule has 10 heteroatoms. The summed E-state index contributed by atoms with van der Waals surface area (Å²) in [7, 11) is 1.95. The zero-order chi connectivity index (χ0) is 32.0. The second kappa shape index (κ2) is 12.5. The Bertz CT molecular complexity index is 1570. The largest absolute Gasteiger partial charge is 0.388 e. The lowest BCUT2D eigenvalue weighted by atomic mass is 9.87. The predicted molar refractivity (Wildman–Crippen MR) is 178 cm³/mol. The van der Waals surface area contributed by atoms with Crippen LogP contribution in [0.25, 0.3) is 11.0 Å². The van der Waals surface area contributed by atoms with Crippen LogP contribution in [-0.4, -0.2) is 51.2 Å². The quantitative estimate of drug-likeness (QED) is 0.277. The minimum atomic E-state index is -0.815. The number of amides is 2. The smallest absolute Gasteiger partial charge is 0.253 e. The van der Waals surface area contributed by atoms with E-state index < -0.39 is 11.0 Å². The van der Waals surface area contributed by atoms with Gasteiger partial charge >= 0.3 is 0 Å². The zero-order valence-electron chi connectivity index (χ0n) is 26.7. The van der Waals surface area contributed by atoms with Crippen molar-refractivity contribution in [1.82, 2.24) is 20.2 Å². The van der Waals surface area contributed by atoms with Crippen LogP contribution in [0.1, 0.15) is 94.0 Å². The van der Waals surface area contributed by atoms with E-state index in [4.69, 9.17) is 28.2 Å². The highest BCUT2D eigenvalue weighted by atomic mass is 35.5. The summed E-state index contributed by atoms with van der Waals surface area (Å²) >= 11 is 13.5. The number of rotatable bonds is 7. The minimum Gasteiger partial charge on any atom is -0.388 e. The first-order chi connectivity index (χ1) is 20.6. The van der Waals surface area contributed by atoms with Gasteiger partial charge in [-0.2, -0.15) is 0 Å². The van der Waals surface area contributed by atoms with Gasteiger partial charge in [-0.15, -0.1) is 0 Å². The van der Waals surface area contributed by atoms with Gasteiger partial charge < -0.3 is 25.2 Å². The van der Waals surface area contributed by atoms with Gasteiger partial charge in [-0.25, -0.2) is 4.98 Å². The molecule has 2 heterocycles. The fourth-order valence-electron chi connectivity index (χ4n) is 6.24. The van der Waals surface area contributed by atoms with E-state index in [1.807, 2.05) is 57.5 Å². The van der Waals surface area contributed by atoms with Gasteiger partial charge in [0, 0.05) is 49.6 Å². The highest BCUT2D eigenvalue weighted by molar-refractivity contribution is 6.36. The average Bonchev–Trinajstić information content (AvgIpc) is 3.47. The number of aryl methyl sites for hydroxylation is 1. The fraction of sp³-hybridized carbons (Fsp3) is 0.559. The lowest BCUT2D eigenvalue weighted by molar-refractivity contribution is -0.128. The SMILES string of the molecule is CC1CCC(NC(=O)c2cc3nc(Cc4c(Cl)ccc(CNC(=O)C(C)(C)C)c4Cl)n(C)c3cc2N2CCC(C)(O)C2)CC1. The normalized spacial score (nSPS) is 22.4. The van der Waals surface area contributed by atoms with Gasteiger partial charge in [0.05, 0.1) is 32.9 Å². The van der Waals surface area contributed by atoms with Gasteiger partial charge in [0.1, 0.15) is 5.82 Å². The Labute approximate surface area is 270 Å². The third kappa shape index (κ3) is 7.03. The van der Waals surface area contributed by atoms with Crippen LogP contribution in [0.15, 0.2) is 24.3 Å². The van der Waals surface area contributed by atoms with Gasteiger partial charge in [-0.05, 0) is 74.3 Å². The van der Waals surface area contributed by atoms with E-state index in [2.05, 4.69) is 22.5 Å². The molecular weight excluding hydrogens is 597 g/mol. The topological polar surface area (TPSA) is 99.5 Å². The molecule has 2 fully saturated rings. The Morgan fingerprint density at radius 2 is 1.84 bits per heavy atom. The molecule has 238 valence electrons. The van der Waals surface area contributed by atoms with Gasteiger partial charge in [0.2, 0.25) is 5.91 Å². The zero-order valence-corrected chi connectivity index (χ0v) is 28.2. The van der Waals surface area contributed by atoms with Gasteiger partial charge in [-0.3, -0.25) is 9.59 Å². The number of nitrogens with zero attached hydrogens (tertiary/aromatic N) is 3. The number of anilines is 1. The molecule has 8 nitrogen and oxygen atoms in total.